The largest absolute Gasteiger partial charge is 0.402 e. The van der Waals surface area contributed by atoms with E-state index in [1.807, 2.05) is 41.5 Å². The average Bonchev–Trinajstić information content (AvgIpc) is 4.22. The molecule has 0 radical (unpaired) electrons. The average molecular weight is 1140 g/mol. The van der Waals surface area contributed by atoms with Gasteiger partial charge in [0.2, 0.25) is 0 Å². The number of aromatic nitrogens is 7. The molecule has 4 aliphatic heterocycles. The fourth-order valence-electron chi connectivity index (χ4n) is 7.82. The van der Waals surface area contributed by atoms with Gasteiger partial charge in [0.05, 0.1) is 89.0 Å². The van der Waals surface area contributed by atoms with E-state index in [9.17, 15) is 0 Å². The van der Waals surface area contributed by atoms with Crippen LogP contribution in [0.15, 0.2) is 18.6 Å². The quantitative estimate of drug-likeness (QED) is 0.0626. The van der Waals surface area contributed by atoms with Gasteiger partial charge in [0, 0.05) is 77.3 Å². The Morgan fingerprint density at radius 2 is 0.825 bits per heavy atom. The molecule has 476 valence electrons. The maximum absolute atomic E-state index is 5.50. The van der Waals surface area contributed by atoms with Gasteiger partial charge in [-0.2, -0.15) is 10.3 Å². The Bertz CT molecular complexity index is 1390. The van der Waals surface area contributed by atoms with Crippen molar-refractivity contribution in [1.82, 2.24) is 60.7 Å². The van der Waals surface area contributed by atoms with Crippen LogP contribution in [0.2, 0.25) is 0 Å². The molecule has 0 aliphatic carbocycles. The predicted octanol–water partition coefficient (Wildman–Crippen LogP) is 9.10. The highest BCUT2D eigenvalue weighted by Crippen LogP contribution is 2.09. The Morgan fingerprint density at radius 1 is 0.487 bits per heavy atom. The lowest BCUT2D eigenvalue weighted by Crippen LogP contribution is -2.44. The van der Waals surface area contributed by atoms with Crippen LogP contribution < -0.4 is 11.1 Å². The molecule has 4 saturated heterocycles. The highest BCUT2D eigenvalue weighted by atomic mass is 16.5. The van der Waals surface area contributed by atoms with E-state index < -0.39 is 0 Å². The van der Waals surface area contributed by atoms with Crippen molar-refractivity contribution < 1.29 is 33.2 Å². The number of ether oxygens (including phenoxy) is 7. The Morgan fingerprint density at radius 3 is 1.15 bits per heavy atom. The first kappa shape index (κ1) is 81.5. The summed E-state index contributed by atoms with van der Waals surface area (Å²) >= 11 is 0. The highest BCUT2D eigenvalue weighted by molar-refractivity contribution is 4.85. The number of hydrogen-bond acceptors (Lipinski definition) is 18. The molecule has 5 N–H and O–H groups in total. The summed E-state index contributed by atoms with van der Waals surface area (Å²) in [6.07, 6.45) is 17.3. The second kappa shape index (κ2) is 56.7. The van der Waals surface area contributed by atoms with Crippen molar-refractivity contribution in [3.05, 3.63) is 30.3 Å². The van der Waals surface area contributed by atoms with Gasteiger partial charge in [-0.15, -0.1) is 10.2 Å². The van der Waals surface area contributed by atoms with Crippen molar-refractivity contribution in [3.63, 3.8) is 0 Å². The third-order valence-electron chi connectivity index (χ3n) is 12.0. The van der Waals surface area contributed by atoms with E-state index in [2.05, 4.69) is 123 Å². The lowest BCUT2D eigenvalue weighted by Gasteiger charge is -2.27. The molecule has 0 unspecified atom stereocenters. The fourth-order valence-corrected chi connectivity index (χ4v) is 7.82. The lowest BCUT2D eigenvalue weighted by atomic mass is 10.1. The van der Waals surface area contributed by atoms with Crippen LogP contribution in [0, 0.1) is 0 Å². The van der Waals surface area contributed by atoms with Gasteiger partial charge in [-0.1, -0.05) is 39.5 Å². The molecule has 6 heterocycles. The number of piperazine rings is 1. The Hall–Kier alpha value is -2.73. The Labute approximate surface area is 491 Å². The van der Waals surface area contributed by atoms with Crippen LogP contribution in [-0.2, 0) is 46.0 Å². The fraction of sp³-hybridized carbons (Fsp3) is 0.917. The smallest absolute Gasteiger partial charge is 0.176 e. The number of nitrogens with zero attached hydrogens (tertiary/aromatic N) is 9. The van der Waals surface area contributed by atoms with Gasteiger partial charge in [-0.25, -0.2) is 4.98 Å². The molecule has 20 nitrogen and oxygen atoms in total. The summed E-state index contributed by atoms with van der Waals surface area (Å²) in [5.74, 6) is 1.58. The minimum atomic E-state index is 0. The summed E-state index contributed by atoms with van der Waals surface area (Å²) in [4.78, 5) is 13.9. The minimum Gasteiger partial charge on any atom is -0.402 e. The number of rotatable bonds is 28. The Kier molecular flexibility index (Phi) is 57.8. The second-order valence-electron chi connectivity index (χ2n) is 22.1. The summed E-state index contributed by atoms with van der Waals surface area (Å²) in [7, 11) is 0. The molecule has 2 aromatic heterocycles. The third-order valence-corrected chi connectivity index (χ3v) is 12.0. The molecule has 0 aromatic carbocycles. The topological polar surface area (TPSA) is 212 Å². The monoisotopic (exact) mass is 1140 g/mol. The van der Waals surface area contributed by atoms with Crippen LogP contribution >= 0.6 is 0 Å². The van der Waals surface area contributed by atoms with Gasteiger partial charge in [-0.3, -0.25) is 10.00 Å². The number of H-pyrrole nitrogens is 2. The molecule has 6 rings (SSSR count). The predicted molar refractivity (Wildman–Crippen MR) is 333 cm³/mol. The van der Waals surface area contributed by atoms with Gasteiger partial charge in [0.25, 0.3) is 0 Å². The van der Waals surface area contributed by atoms with Crippen LogP contribution in [-0.4, -0.2) is 236 Å². The molecule has 20 heteroatoms. The first-order valence-corrected chi connectivity index (χ1v) is 30.3. The first-order valence-electron chi connectivity index (χ1n) is 30.3. The van der Waals surface area contributed by atoms with Crippen LogP contribution in [0.5, 0.6) is 0 Å². The maximum Gasteiger partial charge on any atom is 0.176 e. The van der Waals surface area contributed by atoms with Gasteiger partial charge >= 0.3 is 0 Å². The summed E-state index contributed by atoms with van der Waals surface area (Å²) in [6.45, 7) is 54.6. The summed E-state index contributed by atoms with van der Waals surface area (Å²) in [5, 5.41) is 23.2. The van der Waals surface area contributed by atoms with Crippen LogP contribution in [0.3, 0.4) is 0 Å². The summed E-state index contributed by atoms with van der Waals surface area (Å²) < 4.78 is 37.8. The number of piperidine rings is 2. The molecule has 0 amide bonds. The van der Waals surface area contributed by atoms with Gasteiger partial charge in [-0.05, 0) is 175 Å². The number of likely N-dealkylation sites (tertiary alicyclic amines) is 3. The molecule has 0 bridgehead atoms. The molecule has 0 saturated carbocycles. The molecule has 4 fully saturated rings. The molecule has 2 aromatic rings. The number of aromatic amines is 2. The molecule has 80 heavy (non-hydrogen) atoms. The van der Waals surface area contributed by atoms with Gasteiger partial charge in [0.1, 0.15) is 12.2 Å². The summed E-state index contributed by atoms with van der Waals surface area (Å²) in [5.41, 5.74) is 5.99. The highest BCUT2D eigenvalue weighted by Gasteiger charge is 2.12. The number of hydrogen-bond donors (Lipinski definition) is 4. The number of nitrogens with two attached hydrogens (primary N) is 1. The van der Waals surface area contributed by atoms with E-state index in [0.29, 0.717) is 68.3 Å². The second-order valence-corrected chi connectivity index (χ2v) is 22.1. The van der Waals surface area contributed by atoms with Crippen molar-refractivity contribution >= 4 is 0 Å². The van der Waals surface area contributed by atoms with Crippen molar-refractivity contribution in [3.8, 4) is 0 Å². The summed E-state index contributed by atoms with van der Waals surface area (Å²) in [6, 6.07) is 0. The molecule has 0 atom stereocenters. The first-order chi connectivity index (χ1) is 37.4. The van der Waals surface area contributed by atoms with Crippen molar-refractivity contribution in [2.75, 3.05) is 138 Å². The zero-order valence-electron chi connectivity index (χ0n) is 52.4. The molecule has 0 spiro atoms. The Balaban J connectivity index is -0.000000863. The van der Waals surface area contributed by atoms with E-state index in [-0.39, 0.29) is 27.1 Å². The van der Waals surface area contributed by atoms with Crippen molar-refractivity contribution in [2.24, 2.45) is 5.73 Å². The SMILES string of the molecule is C.C.C=C(N)CCOC(C)C.CC(C)OCCN1CCCC1.CC(C)OCCN1CCCCC1.CC(C)OCCN1CCCCC1.CC(C)OCCN1CCNCC1.CC(C)OCCc1ncn[nH]1.CC(C)OCCc1nn[nH]n1. The third kappa shape index (κ3) is 58.5. The van der Waals surface area contributed by atoms with Gasteiger partial charge in [0.15, 0.2) is 5.82 Å². The lowest BCUT2D eigenvalue weighted by molar-refractivity contribution is 0.0549. The minimum absolute atomic E-state index is 0. The van der Waals surface area contributed by atoms with Gasteiger partial charge < -0.3 is 58.9 Å². The molecule has 4 aliphatic rings. The zero-order chi connectivity index (χ0) is 58.0. The van der Waals surface area contributed by atoms with Crippen molar-refractivity contribution in [1.29, 1.82) is 0 Å². The van der Waals surface area contributed by atoms with Crippen molar-refractivity contribution in [2.45, 2.75) is 225 Å². The normalized spacial score (nSPS) is 16.0. The number of tetrazole rings is 1. The number of nitrogens with one attached hydrogen (secondary N) is 3. The molecular formula is C60H129N13O7. The van der Waals surface area contributed by atoms with E-state index in [0.717, 1.165) is 84.4 Å². The van der Waals surface area contributed by atoms with Crippen LogP contribution in [0.1, 0.15) is 181 Å². The zero-order valence-corrected chi connectivity index (χ0v) is 52.4. The molecular weight excluding hydrogens is 1010 g/mol. The van der Waals surface area contributed by atoms with E-state index >= 15 is 0 Å². The van der Waals surface area contributed by atoms with Crippen LogP contribution in [0.4, 0.5) is 0 Å². The van der Waals surface area contributed by atoms with E-state index in [1.165, 1.54) is 110 Å². The van der Waals surface area contributed by atoms with E-state index in [1.54, 1.807) is 0 Å². The van der Waals surface area contributed by atoms with Crippen LogP contribution in [0.25, 0.3) is 0 Å². The standard InChI is InChI=1S/2C10H21NO.C9H20N2O.C9H19NO.C7H13N3O.C7H15NO.C6H12N4O.2CH4/c2*1-10(2)12-9-8-11-6-4-3-5-7-11;1-9(2)12-8-7-11-5-3-10-4-6-11;1-9(2)11-8-7-10-5-3-4-6-10;1-6(2)11-4-3-7-8-5-9-10-7;1-6(2)9-5-4-7(3)8;1-5(2)11-4-3-6-7-9-10-8-6;;/h2*10H,3-9H2,1-2H3;9-10H,3-8H2,1-2H3;9H,3-8H2,1-2H3;5-6H,3-4H2,1-2H3,(H,8,9,10);6H,3-5,8H2,1-2H3;5H,3-4H2,1-2H3,(H,7,8,9,10);2*1H4. The maximum atomic E-state index is 5.50. The van der Waals surface area contributed by atoms with E-state index in [4.69, 9.17) is 38.9 Å².